The summed E-state index contributed by atoms with van der Waals surface area (Å²) in [4.78, 5) is 13.6. The van der Waals surface area contributed by atoms with Crippen LogP contribution in [0.4, 0.5) is 0 Å². The first-order valence-electron chi connectivity index (χ1n) is 6.61. The first-order chi connectivity index (χ1) is 8.99. The van der Waals surface area contributed by atoms with Crippen LogP contribution in [-0.2, 0) is 16.0 Å². The van der Waals surface area contributed by atoms with Crippen molar-refractivity contribution in [2.45, 2.75) is 32.5 Å². The summed E-state index contributed by atoms with van der Waals surface area (Å²) in [6.07, 6.45) is 0.612. The minimum absolute atomic E-state index is 0.217. The van der Waals surface area contributed by atoms with Crippen LogP contribution in [0.3, 0.4) is 0 Å². The summed E-state index contributed by atoms with van der Waals surface area (Å²) in [6.45, 7) is 5.08. The summed E-state index contributed by atoms with van der Waals surface area (Å²) in [5, 5.41) is 3.33. The molecule has 1 N–H and O–H groups in total. The Bertz CT molecular complexity index is 453. The largest absolute Gasteiger partial charge is 0.467 e. The van der Waals surface area contributed by atoms with Crippen LogP contribution in [0.1, 0.15) is 16.7 Å². The number of rotatable bonds is 3. The highest BCUT2D eigenvalue weighted by atomic mass is 16.5. The zero-order valence-electron chi connectivity index (χ0n) is 12.1. The summed E-state index contributed by atoms with van der Waals surface area (Å²) in [6, 6.07) is 6.88. The third-order valence-corrected chi connectivity index (χ3v) is 3.53. The van der Waals surface area contributed by atoms with Crippen molar-refractivity contribution >= 4 is 5.97 Å². The number of nitrogens with one attached hydrogen (secondary N) is 1. The Morgan fingerprint density at radius 1 is 1.37 bits per heavy atom. The Morgan fingerprint density at radius 3 is 2.58 bits per heavy atom. The van der Waals surface area contributed by atoms with Crippen LogP contribution in [0.5, 0.6) is 0 Å². The maximum Gasteiger partial charge on any atom is 0.338 e. The third-order valence-electron chi connectivity index (χ3n) is 3.53. The van der Waals surface area contributed by atoms with E-state index in [0.29, 0.717) is 0 Å². The average Bonchev–Trinajstić information content (AvgIpc) is 2.68. The molecule has 1 aromatic carbocycles. The molecule has 104 valence electrons. The molecule has 0 saturated carbocycles. The zero-order chi connectivity index (χ0) is 14.0. The van der Waals surface area contributed by atoms with Crippen LogP contribution >= 0.6 is 0 Å². The van der Waals surface area contributed by atoms with Gasteiger partial charge in [0.15, 0.2) is 6.17 Å². The molecular weight excluding hydrogens is 240 g/mol. The maximum atomic E-state index is 11.6. The molecule has 1 heterocycles. The first-order valence-corrected chi connectivity index (χ1v) is 6.61. The number of carbonyl (C=O) groups excluding carboxylic acids is 1. The molecule has 4 heteroatoms. The zero-order valence-corrected chi connectivity index (χ0v) is 12.1. The van der Waals surface area contributed by atoms with Crippen LogP contribution in [0, 0.1) is 13.8 Å². The standard InChI is InChI=1S/C15H22N2O2/c1-10-5-11(2)7-12(6-10)8-13-9-17(3)14(16-13)15(18)19-4/h5-7,13-14,16H,8-9H2,1-4H3/t13-,14?/m1/s1. The molecule has 1 aliphatic heterocycles. The number of benzene rings is 1. The molecule has 19 heavy (non-hydrogen) atoms. The van der Waals surface area contributed by atoms with Crippen molar-refractivity contribution in [1.82, 2.24) is 10.2 Å². The van der Waals surface area contributed by atoms with Gasteiger partial charge in [0, 0.05) is 12.6 Å². The van der Waals surface area contributed by atoms with Gasteiger partial charge >= 0.3 is 5.97 Å². The molecule has 1 aliphatic rings. The highest BCUT2D eigenvalue weighted by Gasteiger charge is 2.34. The Balaban J connectivity index is 2.03. The highest BCUT2D eigenvalue weighted by molar-refractivity contribution is 5.75. The normalized spacial score (nSPS) is 23.6. The summed E-state index contributed by atoms with van der Waals surface area (Å²) in [5.41, 5.74) is 3.88. The summed E-state index contributed by atoms with van der Waals surface area (Å²) < 4.78 is 4.80. The predicted molar refractivity (Wildman–Crippen MR) is 75.0 cm³/mol. The molecule has 1 saturated heterocycles. The van der Waals surface area contributed by atoms with Crippen molar-refractivity contribution in [2.75, 3.05) is 20.7 Å². The lowest BCUT2D eigenvalue weighted by molar-refractivity contribution is -0.146. The van der Waals surface area contributed by atoms with E-state index in [2.05, 4.69) is 37.4 Å². The van der Waals surface area contributed by atoms with Gasteiger partial charge in [-0.15, -0.1) is 0 Å². The van der Waals surface area contributed by atoms with Crippen molar-refractivity contribution in [1.29, 1.82) is 0 Å². The van der Waals surface area contributed by atoms with Crippen molar-refractivity contribution in [3.05, 3.63) is 34.9 Å². The number of hydrogen-bond donors (Lipinski definition) is 1. The molecule has 0 spiro atoms. The van der Waals surface area contributed by atoms with E-state index in [1.54, 1.807) is 0 Å². The molecule has 0 aromatic heterocycles. The van der Waals surface area contributed by atoms with Gasteiger partial charge in [-0.3, -0.25) is 10.2 Å². The summed E-state index contributed by atoms with van der Waals surface area (Å²) >= 11 is 0. The van der Waals surface area contributed by atoms with Crippen molar-refractivity contribution in [2.24, 2.45) is 0 Å². The lowest BCUT2D eigenvalue weighted by Crippen LogP contribution is -2.42. The van der Waals surface area contributed by atoms with Crippen LogP contribution in [0.2, 0.25) is 0 Å². The molecule has 4 nitrogen and oxygen atoms in total. The molecular formula is C15H22N2O2. The topological polar surface area (TPSA) is 41.6 Å². The van der Waals surface area contributed by atoms with E-state index in [1.165, 1.54) is 23.8 Å². The van der Waals surface area contributed by atoms with Crippen LogP contribution in [0.25, 0.3) is 0 Å². The molecule has 0 aliphatic carbocycles. The quantitative estimate of drug-likeness (QED) is 0.832. The fourth-order valence-electron chi connectivity index (χ4n) is 2.81. The summed E-state index contributed by atoms with van der Waals surface area (Å²) in [5.74, 6) is -0.217. The monoisotopic (exact) mass is 262 g/mol. The Labute approximate surface area is 114 Å². The lowest BCUT2D eigenvalue weighted by Gasteiger charge is -2.15. The second-order valence-electron chi connectivity index (χ2n) is 5.43. The number of aryl methyl sites for hydroxylation is 2. The number of nitrogens with zero attached hydrogens (tertiary/aromatic N) is 1. The van der Waals surface area contributed by atoms with Crippen molar-refractivity contribution < 1.29 is 9.53 Å². The third kappa shape index (κ3) is 3.33. The van der Waals surface area contributed by atoms with Crippen molar-refractivity contribution in [3.8, 4) is 0 Å². The average molecular weight is 262 g/mol. The molecule has 2 rings (SSSR count). The van der Waals surface area contributed by atoms with Crippen LogP contribution in [-0.4, -0.2) is 43.8 Å². The van der Waals surface area contributed by atoms with Gasteiger partial charge < -0.3 is 4.74 Å². The van der Waals surface area contributed by atoms with E-state index >= 15 is 0 Å². The van der Waals surface area contributed by atoms with E-state index in [9.17, 15) is 4.79 Å². The fourth-order valence-corrected chi connectivity index (χ4v) is 2.81. The molecule has 2 atom stereocenters. The number of likely N-dealkylation sites (N-methyl/N-ethyl adjacent to an activating group) is 1. The van der Waals surface area contributed by atoms with E-state index in [-0.39, 0.29) is 18.2 Å². The molecule has 0 bridgehead atoms. The number of carbonyl (C=O) groups is 1. The lowest BCUT2D eigenvalue weighted by atomic mass is 10.0. The number of hydrogen-bond acceptors (Lipinski definition) is 4. The molecule has 1 unspecified atom stereocenters. The molecule has 0 radical (unpaired) electrons. The van der Waals surface area contributed by atoms with E-state index in [1.807, 2.05) is 11.9 Å². The molecule has 1 aromatic rings. The Morgan fingerprint density at radius 2 is 2.00 bits per heavy atom. The number of ether oxygens (including phenoxy) is 1. The first kappa shape index (κ1) is 14.0. The van der Waals surface area contributed by atoms with Gasteiger partial charge in [0.2, 0.25) is 0 Å². The van der Waals surface area contributed by atoms with Crippen LogP contribution in [0.15, 0.2) is 18.2 Å². The second-order valence-corrected chi connectivity index (χ2v) is 5.43. The van der Waals surface area contributed by atoms with E-state index in [0.717, 1.165) is 13.0 Å². The maximum absolute atomic E-state index is 11.6. The fraction of sp³-hybridized carbons (Fsp3) is 0.533. The van der Waals surface area contributed by atoms with Gasteiger partial charge in [-0.05, 0) is 32.9 Å². The molecule has 0 amide bonds. The van der Waals surface area contributed by atoms with Gasteiger partial charge in [-0.1, -0.05) is 29.3 Å². The van der Waals surface area contributed by atoms with Gasteiger partial charge in [0.05, 0.1) is 7.11 Å². The van der Waals surface area contributed by atoms with Gasteiger partial charge in [-0.2, -0.15) is 0 Å². The van der Waals surface area contributed by atoms with E-state index in [4.69, 9.17) is 4.74 Å². The minimum atomic E-state index is -0.319. The van der Waals surface area contributed by atoms with Gasteiger partial charge in [0.25, 0.3) is 0 Å². The predicted octanol–water partition coefficient (Wildman–Crippen LogP) is 1.25. The number of esters is 1. The Kier molecular flexibility index (Phi) is 4.22. The SMILES string of the molecule is COC(=O)C1N[C@H](Cc2cc(C)cc(C)c2)CN1C. The van der Waals surface area contributed by atoms with E-state index < -0.39 is 0 Å². The smallest absolute Gasteiger partial charge is 0.338 e. The summed E-state index contributed by atoms with van der Waals surface area (Å²) in [7, 11) is 3.37. The van der Waals surface area contributed by atoms with Crippen molar-refractivity contribution in [3.63, 3.8) is 0 Å². The molecule has 1 fully saturated rings. The van der Waals surface area contributed by atoms with Crippen LogP contribution < -0.4 is 5.32 Å². The highest BCUT2D eigenvalue weighted by Crippen LogP contribution is 2.15. The Hall–Kier alpha value is -1.39. The van der Waals surface area contributed by atoms with Gasteiger partial charge in [-0.25, -0.2) is 4.79 Å². The van der Waals surface area contributed by atoms with Gasteiger partial charge in [0.1, 0.15) is 0 Å². The minimum Gasteiger partial charge on any atom is -0.467 e. The second kappa shape index (κ2) is 5.72. The number of methoxy groups -OCH3 is 1.